The molecule has 1 unspecified atom stereocenters. The lowest BCUT2D eigenvalue weighted by Gasteiger charge is -2.20. The maximum absolute atomic E-state index is 12.7. The van der Waals surface area contributed by atoms with E-state index in [0.29, 0.717) is 6.42 Å². The lowest BCUT2D eigenvalue weighted by atomic mass is 9.97. The minimum Gasteiger partial charge on any atom is -0.378 e. The van der Waals surface area contributed by atoms with Crippen LogP contribution in [0.1, 0.15) is 28.4 Å². The summed E-state index contributed by atoms with van der Waals surface area (Å²) in [5.41, 5.74) is 2.80. The predicted molar refractivity (Wildman–Crippen MR) is 110 cm³/mol. The largest absolute Gasteiger partial charge is 0.378 e. The van der Waals surface area contributed by atoms with Gasteiger partial charge < -0.3 is 5.32 Å². The van der Waals surface area contributed by atoms with Crippen molar-refractivity contribution in [1.82, 2.24) is 0 Å². The standard InChI is InChI=1S/C21H17Br2NO/c22-17-10-6-15(7-11-17)20(24-19-4-2-1-3-5-19)14-21(25)16-8-12-18(23)13-9-16/h1-13,20,24H,14H2. The van der Waals surface area contributed by atoms with Gasteiger partial charge in [0.05, 0.1) is 6.04 Å². The summed E-state index contributed by atoms with van der Waals surface area (Å²) in [6.07, 6.45) is 0.387. The minimum atomic E-state index is -0.0911. The van der Waals surface area contributed by atoms with E-state index >= 15 is 0 Å². The van der Waals surface area contributed by atoms with Crippen LogP contribution < -0.4 is 5.32 Å². The first-order chi connectivity index (χ1) is 12.1. The smallest absolute Gasteiger partial charge is 0.165 e. The maximum Gasteiger partial charge on any atom is 0.165 e. The molecule has 3 rings (SSSR count). The van der Waals surface area contributed by atoms with Gasteiger partial charge in [-0.3, -0.25) is 4.79 Å². The number of anilines is 1. The quantitative estimate of drug-likeness (QED) is 0.419. The number of rotatable bonds is 6. The summed E-state index contributed by atoms with van der Waals surface area (Å²) in [6, 6.07) is 25.5. The molecule has 0 saturated carbocycles. The normalized spacial score (nSPS) is 11.8. The van der Waals surface area contributed by atoms with Crippen molar-refractivity contribution in [2.24, 2.45) is 0 Å². The van der Waals surface area contributed by atoms with Gasteiger partial charge in [-0.2, -0.15) is 0 Å². The third-order valence-corrected chi connectivity index (χ3v) is 5.00. The molecule has 0 aromatic heterocycles. The molecule has 2 nitrogen and oxygen atoms in total. The molecule has 0 fully saturated rings. The molecule has 126 valence electrons. The van der Waals surface area contributed by atoms with Crippen LogP contribution in [0.4, 0.5) is 5.69 Å². The average Bonchev–Trinajstić information content (AvgIpc) is 2.63. The van der Waals surface area contributed by atoms with Crippen molar-refractivity contribution in [2.75, 3.05) is 5.32 Å². The van der Waals surface area contributed by atoms with Crippen molar-refractivity contribution in [3.8, 4) is 0 Å². The second kappa shape index (κ2) is 8.45. The number of benzene rings is 3. The number of hydrogen-bond donors (Lipinski definition) is 1. The van der Waals surface area contributed by atoms with Gasteiger partial charge >= 0.3 is 0 Å². The van der Waals surface area contributed by atoms with E-state index < -0.39 is 0 Å². The number of carbonyl (C=O) groups excluding carboxylic acids is 1. The number of carbonyl (C=O) groups is 1. The van der Waals surface area contributed by atoms with Gasteiger partial charge in [0.1, 0.15) is 0 Å². The fraction of sp³-hybridized carbons (Fsp3) is 0.0952. The van der Waals surface area contributed by atoms with Crippen LogP contribution >= 0.6 is 31.9 Å². The van der Waals surface area contributed by atoms with Crippen molar-refractivity contribution in [3.05, 3.63) is 98.9 Å². The lowest BCUT2D eigenvalue weighted by Crippen LogP contribution is -2.15. The molecule has 0 spiro atoms. The van der Waals surface area contributed by atoms with Crippen molar-refractivity contribution in [3.63, 3.8) is 0 Å². The van der Waals surface area contributed by atoms with Gasteiger partial charge in [-0.1, -0.05) is 74.3 Å². The van der Waals surface area contributed by atoms with E-state index in [-0.39, 0.29) is 11.8 Å². The molecular formula is C21H17Br2NO. The highest BCUT2D eigenvalue weighted by Gasteiger charge is 2.17. The van der Waals surface area contributed by atoms with E-state index in [1.165, 1.54) is 0 Å². The molecule has 25 heavy (non-hydrogen) atoms. The highest BCUT2D eigenvalue weighted by molar-refractivity contribution is 9.10. The van der Waals surface area contributed by atoms with Crippen LogP contribution in [-0.4, -0.2) is 5.78 Å². The molecule has 0 bridgehead atoms. The summed E-state index contributed by atoms with van der Waals surface area (Å²) >= 11 is 6.87. The third kappa shape index (κ3) is 5.03. The van der Waals surface area contributed by atoms with E-state index in [1.807, 2.05) is 78.9 Å². The molecule has 0 saturated heterocycles. The zero-order valence-corrected chi connectivity index (χ0v) is 16.6. The Labute approximate surface area is 164 Å². The molecule has 0 heterocycles. The lowest BCUT2D eigenvalue weighted by molar-refractivity contribution is 0.0976. The predicted octanol–water partition coefficient (Wildman–Crippen LogP) is 6.64. The molecule has 0 radical (unpaired) electrons. The number of nitrogens with one attached hydrogen (secondary N) is 1. The molecular weight excluding hydrogens is 442 g/mol. The number of Topliss-reactive ketones (excluding diaryl/α,β-unsaturated/α-hetero) is 1. The van der Waals surface area contributed by atoms with E-state index in [9.17, 15) is 4.79 Å². The van der Waals surface area contributed by atoms with E-state index in [0.717, 1.165) is 25.8 Å². The van der Waals surface area contributed by atoms with Gasteiger partial charge in [0.25, 0.3) is 0 Å². The van der Waals surface area contributed by atoms with Gasteiger partial charge in [-0.25, -0.2) is 0 Å². The molecule has 1 atom stereocenters. The number of para-hydroxylation sites is 1. The van der Waals surface area contributed by atoms with Crippen molar-refractivity contribution < 1.29 is 4.79 Å². The van der Waals surface area contributed by atoms with Crippen LogP contribution in [0.5, 0.6) is 0 Å². The third-order valence-electron chi connectivity index (χ3n) is 3.94. The molecule has 0 aliphatic heterocycles. The summed E-state index contributed by atoms with van der Waals surface area (Å²) in [5.74, 6) is 0.115. The summed E-state index contributed by atoms with van der Waals surface area (Å²) in [4.78, 5) is 12.7. The summed E-state index contributed by atoms with van der Waals surface area (Å²) < 4.78 is 1.99. The van der Waals surface area contributed by atoms with Gasteiger partial charge in [0, 0.05) is 26.6 Å². The zero-order chi connectivity index (χ0) is 17.6. The Bertz CT molecular complexity index is 830. The Kier molecular flexibility index (Phi) is 6.05. The van der Waals surface area contributed by atoms with Gasteiger partial charge in [0.15, 0.2) is 5.78 Å². The second-order valence-electron chi connectivity index (χ2n) is 5.75. The van der Waals surface area contributed by atoms with Gasteiger partial charge in [0.2, 0.25) is 0 Å². The van der Waals surface area contributed by atoms with E-state index in [1.54, 1.807) is 0 Å². The Morgan fingerprint density at radius 1 is 0.800 bits per heavy atom. The first-order valence-corrected chi connectivity index (χ1v) is 9.56. The fourth-order valence-electron chi connectivity index (χ4n) is 2.62. The molecule has 1 N–H and O–H groups in total. The van der Waals surface area contributed by atoms with Gasteiger partial charge in [-0.15, -0.1) is 0 Å². The molecule has 4 heteroatoms. The minimum absolute atomic E-state index is 0.0911. The van der Waals surface area contributed by atoms with Crippen LogP contribution in [0.15, 0.2) is 87.8 Å². The number of halogens is 2. The van der Waals surface area contributed by atoms with Crippen LogP contribution in [0.2, 0.25) is 0 Å². The summed E-state index contributed by atoms with van der Waals surface area (Å²) in [5, 5.41) is 3.48. The van der Waals surface area contributed by atoms with Crippen LogP contribution in [0.3, 0.4) is 0 Å². The first-order valence-electron chi connectivity index (χ1n) is 7.97. The van der Waals surface area contributed by atoms with E-state index in [4.69, 9.17) is 0 Å². The average molecular weight is 459 g/mol. The molecule has 3 aromatic rings. The Hall–Kier alpha value is -1.91. The monoisotopic (exact) mass is 457 g/mol. The molecule has 3 aromatic carbocycles. The second-order valence-corrected chi connectivity index (χ2v) is 7.58. The molecule has 0 aliphatic rings. The Morgan fingerprint density at radius 3 is 1.96 bits per heavy atom. The fourth-order valence-corrected chi connectivity index (χ4v) is 3.15. The first kappa shape index (κ1) is 17.9. The number of ketones is 1. The van der Waals surface area contributed by atoms with Crippen molar-refractivity contribution in [1.29, 1.82) is 0 Å². The van der Waals surface area contributed by atoms with Crippen LogP contribution in [0.25, 0.3) is 0 Å². The zero-order valence-electron chi connectivity index (χ0n) is 13.5. The maximum atomic E-state index is 12.7. The van der Waals surface area contributed by atoms with Crippen molar-refractivity contribution in [2.45, 2.75) is 12.5 Å². The Balaban J connectivity index is 1.83. The van der Waals surface area contributed by atoms with Crippen LogP contribution in [-0.2, 0) is 0 Å². The van der Waals surface area contributed by atoms with Crippen molar-refractivity contribution >= 4 is 43.3 Å². The molecule has 0 aliphatic carbocycles. The number of hydrogen-bond acceptors (Lipinski definition) is 2. The summed E-state index contributed by atoms with van der Waals surface area (Å²) in [6.45, 7) is 0. The van der Waals surface area contributed by atoms with Gasteiger partial charge in [-0.05, 0) is 42.0 Å². The van der Waals surface area contributed by atoms with E-state index in [2.05, 4.69) is 37.2 Å². The van der Waals surface area contributed by atoms with Crippen LogP contribution in [0, 0.1) is 0 Å². The molecule has 0 amide bonds. The highest BCUT2D eigenvalue weighted by Crippen LogP contribution is 2.26. The topological polar surface area (TPSA) is 29.1 Å². The Morgan fingerprint density at radius 2 is 1.36 bits per heavy atom. The highest BCUT2D eigenvalue weighted by atomic mass is 79.9. The SMILES string of the molecule is O=C(CC(Nc1ccccc1)c1ccc(Br)cc1)c1ccc(Br)cc1. The summed E-state index contributed by atoms with van der Waals surface area (Å²) in [7, 11) is 0.